The van der Waals surface area contributed by atoms with Crippen LogP contribution >= 0.6 is 12.4 Å². The lowest BCUT2D eigenvalue weighted by Crippen LogP contribution is -2.52. The van der Waals surface area contributed by atoms with Gasteiger partial charge in [-0.2, -0.15) is 13.2 Å². The van der Waals surface area contributed by atoms with Crippen molar-refractivity contribution in [2.24, 2.45) is 0 Å². The number of hydrogen-bond acceptors (Lipinski definition) is 4. The normalized spacial score (nSPS) is 20.5. The third-order valence-corrected chi connectivity index (χ3v) is 4.80. The van der Waals surface area contributed by atoms with Gasteiger partial charge in [-0.25, -0.2) is 0 Å². The molecule has 2 heterocycles. The SMILES string of the molecule is Cl.O=C(CC1COCCN1)N1CCN(C(=O)c2ccc(C(F)(F)F)cc2)CC1. The molecule has 2 aliphatic heterocycles. The molecule has 28 heavy (non-hydrogen) atoms. The Morgan fingerprint density at radius 1 is 1.07 bits per heavy atom. The molecule has 0 aromatic heterocycles. The molecule has 156 valence electrons. The maximum atomic E-state index is 12.6. The van der Waals surface area contributed by atoms with E-state index in [4.69, 9.17) is 4.74 Å². The third kappa shape index (κ3) is 5.59. The van der Waals surface area contributed by atoms with Gasteiger partial charge >= 0.3 is 6.18 Å². The fraction of sp³-hybridized carbons (Fsp3) is 0.556. The molecule has 0 bridgehead atoms. The number of carbonyl (C=O) groups is 2. The predicted molar refractivity (Wildman–Crippen MR) is 98.4 cm³/mol. The first-order valence-electron chi connectivity index (χ1n) is 8.90. The lowest BCUT2D eigenvalue weighted by Gasteiger charge is -2.36. The molecule has 1 N–H and O–H groups in total. The van der Waals surface area contributed by atoms with Crippen molar-refractivity contribution in [1.82, 2.24) is 15.1 Å². The van der Waals surface area contributed by atoms with Gasteiger partial charge in [0.1, 0.15) is 0 Å². The lowest BCUT2D eigenvalue weighted by atomic mass is 10.1. The Kier molecular flexibility index (Phi) is 7.68. The molecular formula is C18H23ClF3N3O3. The van der Waals surface area contributed by atoms with E-state index >= 15 is 0 Å². The van der Waals surface area contributed by atoms with Gasteiger partial charge in [0.05, 0.1) is 18.8 Å². The van der Waals surface area contributed by atoms with Crippen LogP contribution in [0.15, 0.2) is 24.3 Å². The van der Waals surface area contributed by atoms with Crippen molar-refractivity contribution in [2.45, 2.75) is 18.6 Å². The Hall–Kier alpha value is -1.84. The van der Waals surface area contributed by atoms with Crippen molar-refractivity contribution in [1.29, 1.82) is 0 Å². The van der Waals surface area contributed by atoms with Crippen LogP contribution in [0.5, 0.6) is 0 Å². The average Bonchev–Trinajstić information content (AvgIpc) is 2.68. The quantitative estimate of drug-likeness (QED) is 0.808. The minimum Gasteiger partial charge on any atom is -0.378 e. The zero-order chi connectivity index (χ0) is 19.4. The van der Waals surface area contributed by atoms with Gasteiger partial charge in [0.25, 0.3) is 5.91 Å². The smallest absolute Gasteiger partial charge is 0.378 e. The molecule has 3 rings (SSSR count). The maximum absolute atomic E-state index is 12.6. The van der Waals surface area contributed by atoms with E-state index in [0.29, 0.717) is 45.8 Å². The summed E-state index contributed by atoms with van der Waals surface area (Å²) in [5, 5.41) is 3.24. The molecular weight excluding hydrogens is 399 g/mol. The van der Waals surface area contributed by atoms with Crippen LogP contribution in [0.3, 0.4) is 0 Å². The second-order valence-electron chi connectivity index (χ2n) is 6.68. The highest BCUT2D eigenvalue weighted by Gasteiger charge is 2.31. The Bertz CT molecular complexity index is 671. The molecule has 1 unspecified atom stereocenters. The Balaban J connectivity index is 0.00000280. The molecule has 0 saturated carbocycles. The molecule has 2 aliphatic rings. The molecule has 2 amide bonds. The predicted octanol–water partition coefficient (Wildman–Crippen LogP) is 1.79. The fourth-order valence-electron chi connectivity index (χ4n) is 3.23. The number of carbonyl (C=O) groups excluding carboxylic acids is 2. The summed E-state index contributed by atoms with van der Waals surface area (Å²) in [5.41, 5.74) is -0.568. The van der Waals surface area contributed by atoms with E-state index in [-0.39, 0.29) is 35.8 Å². The van der Waals surface area contributed by atoms with Crippen LogP contribution in [0.4, 0.5) is 13.2 Å². The topological polar surface area (TPSA) is 61.9 Å². The summed E-state index contributed by atoms with van der Waals surface area (Å²) in [6, 6.07) is 4.21. The number of rotatable bonds is 3. The van der Waals surface area contributed by atoms with Crippen molar-refractivity contribution in [2.75, 3.05) is 45.9 Å². The van der Waals surface area contributed by atoms with Crippen molar-refractivity contribution in [3.63, 3.8) is 0 Å². The number of morpholine rings is 1. The highest BCUT2D eigenvalue weighted by Crippen LogP contribution is 2.29. The summed E-state index contributed by atoms with van der Waals surface area (Å²) in [6.45, 7) is 3.44. The van der Waals surface area contributed by atoms with Gasteiger partial charge < -0.3 is 19.9 Å². The Labute approximate surface area is 167 Å². The van der Waals surface area contributed by atoms with E-state index in [2.05, 4.69) is 5.32 Å². The van der Waals surface area contributed by atoms with Crippen LogP contribution in [-0.2, 0) is 15.7 Å². The van der Waals surface area contributed by atoms with E-state index in [1.165, 1.54) is 12.1 Å². The highest BCUT2D eigenvalue weighted by atomic mass is 35.5. The van der Waals surface area contributed by atoms with Crippen molar-refractivity contribution in [3.8, 4) is 0 Å². The summed E-state index contributed by atoms with van der Waals surface area (Å²) in [7, 11) is 0. The molecule has 0 radical (unpaired) electrons. The average molecular weight is 422 g/mol. The van der Waals surface area contributed by atoms with E-state index in [9.17, 15) is 22.8 Å². The molecule has 1 aromatic carbocycles. The van der Waals surface area contributed by atoms with Crippen molar-refractivity contribution < 1.29 is 27.5 Å². The first-order valence-corrected chi connectivity index (χ1v) is 8.90. The van der Waals surface area contributed by atoms with Crippen LogP contribution in [0.25, 0.3) is 0 Å². The van der Waals surface area contributed by atoms with Crippen LogP contribution in [-0.4, -0.2) is 73.6 Å². The number of alkyl halides is 3. The number of amides is 2. The number of piperazine rings is 1. The molecule has 2 fully saturated rings. The zero-order valence-corrected chi connectivity index (χ0v) is 16.0. The van der Waals surface area contributed by atoms with Gasteiger partial charge in [-0.05, 0) is 24.3 Å². The lowest BCUT2D eigenvalue weighted by molar-refractivity contribution is -0.137. The van der Waals surface area contributed by atoms with E-state index in [1.54, 1.807) is 9.80 Å². The monoisotopic (exact) mass is 421 g/mol. The van der Waals surface area contributed by atoms with Crippen molar-refractivity contribution >= 4 is 24.2 Å². The second kappa shape index (κ2) is 9.58. The number of hydrogen-bond donors (Lipinski definition) is 1. The van der Waals surface area contributed by atoms with Crippen molar-refractivity contribution in [3.05, 3.63) is 35.4 Å². The summed E-state index contributed by atoms with van der Waals surface area (Å²) in [5.74, 6) is -0.308. The van der Waals surface area contributed by atoms with Gasteiger partial charge in [-0.1, -0.05) is 0 Å². The Morgan fingerprint density at radius 3 is 2.21 bits per heavy atom. The summed E-state index contributed by atoms with van der Waals surface area (Å²) >= 11 is 0. The second-order valence-corrected chi connectivity index (χ2v) is 6.68. The maximum Gasteiger partial charge on any atom is 0.416 e. The van der Waals surface area contributed by atoms with E-state index < -0.39 is 11.7 Å². The van der Waals surface area contributed by atoms with E-state index in [0.717, 1.165) is 18.7 Å². The van der Waals surface area contributed by atoms with Crippen LogP contribution in [0.1, 0.15) is 22.3 Å². The molecule has 0 aliphatic carbocycles. The van der Waals surface area contributed by atoms with Gasteiger partial charge in [0.15, 0.2) is 0 Å². The van der Waals surface area contributed by atoms with Crippen LogP contribution < -0.4 is 5.32 Å². The fourth-order valence-corrected chi connectivity index (χ4v) is 3.23. The Morgan fingerprint density at radius 2 is 1.68 bits per heavy atom. The largest absolute Gasteiger partial charge is 0.416 e. The standard InChI is InChI=1S/C18H22F3N3O3.ClH/c19-18(20,21)14-3-1-13(2-4-14)17(26)24-8-6-23(7-9-24)16(25)11-15-12-27-10-5-22-15;/h1-4,15,22H,5-12H2;1H. The molecule has 1 aromatic rings. The third-order valence-electron chi connectivity index (χ3n) is 4.80. The molecule has 6 nitrogen and oxygen atoms in total. The highest BCUT2D eigenvalue weighted by molar-refractivity contribution is 5.94. The summed E-state index contributed by atoms with van der Waals surface area (Å²) < 4.78 is 43.2. The number of benzene rings is 1. The van der Waals surface area contributed by atoms with Gasteiger partial charge in [-0.3, -0.25) is 9.59 Å². The molecule has 2 saturated heterocycles. The first-order chi connectivity index (χ1) is 12.8. The number of nitrogens with one attached hydrogen (secondary N) is 1. The molecule has 10 heteroatoms. The zero-order valence-electron chi connectivity index (χ0n) is 15.2. The molecule has 1 atom stereocenters. The number of ether oxygens (including phenoxy) is 1. The number of nitrogens with zero attached hydrogens (tertiary/aromatic N) is 2. The summed E-state index contributed by atoms with van der Waals surface area (Å²) in [4.78, 5) is 28.1. The van der Waals surface area contributed by atoms with Crippen LogP contribution in [0, 0.1) is 0 Å². The number of halogens is 4. The van der Waals surface area contributed by atoms with E-state index in [1.807, 2.05) is 0 Å². The minimum absolute atomic E-state index is 0. The minimum atomic E-state index is -4.42. The first kappa shape index (κ1) is 22.4. The molecule has 0 spiro atoms. The summed E-state index contributed by atoms with van der Waals surface area (Å²) in [6.07, 6.45) is -4.07. The van der Waals surface area contributed by atoms with Gasteiger partial charge in [0, 0.05) is 50.7 Å². The van der Waals surface area contributed by atoms with Crippen LogP contribution in [0.2, 0.25) is 0 Å². The van der Waals surface area contributed by atoms with Gasteiger partial charge in [0.2, 0.25) is 5.91 Å². The van der Waals surface area contributed by atoms with Gasteiger partial charge in [-0.15, -0.1) is 12.4 Å².